The Kier molecular flexibility index (Phi) is 3.45. The number of aliphatic hydroxyl groups is 1. The monoisotopic (exact) mass is 183 g/mol. The fourth-order valence-electron chi connectivity index (χ4n) is 0.959. The lowest BCUT2D eigenvalue weighted by molar-refractivity contribution is 0.275. The Hall–Kier alpha value is -1.36. The van der Waals surface area contributed by atoms with Gasteiger partial charge in [-0.2, -0.15) is 5.10 Å². The Morgan fingerprint density at radius 1 is 1.69 bits per heavy atom. The number of aliphatic hydroxyl groups excluding tert-OH is 1. The molecule has 13 heavy (non-hydrogen) atoms. The first-order valence-corrected chi connectivity index (χ1v) is 4.13. The Morgan fingerprint density at radius 3 is 3.00 bits per heavy atom. The van der Waals surface area contributed by atoms with E-state index in [0.29, 0.717) is 18.7 Å². The Bertz CT molecular complexity index is 321. The summed E-state index contributed by atoms with van der Waals surface area (Å²) in [6, 6.07) is 1.48. The van der Waals surface area contributed by atoms with E-state index in [4.69, 9.17) is 5.11 Å². The number of nitrogens with one attached hydrogen (secondary N) is 1. The van der Waals surface area contributed by atoms with E-state index in [-0.39, 0.29) is 12.2 Å². The van der Waals surface area contributed by atoms with Crippen LogP contribution in [0.4, 0.5) is 5.69 Å². The Balaban J connectivity index is 2.80. The molecule has 0 aliphatic rings. The van der Waals surface area contributed by atoms with Crippen LogP contribution in [0.2, 0.25) is 0 Å². The van der Waals surface area contributed by atoms with Crippen molar-refractivity contribution in [3.8, 4) is 0 Å². The highest BCUT2D eigenvalue weighted by Gasteiger charge is 1.97. The summed E-state index contributed by atoms with van der Waals surface area (Å²) in [6.07, 6.45) is 2.13. The van der Waals surface area contributed by atoms with E-state index in [1.54, 1.807) is 13.2 Å². The predicted molar refractivity (Wildman–Crippen MR) is 49.7 cm³/mol. The first-order valence-electron chi connectivity index (χ1n) is 4.13. The van der Waals surface area contributed by atoms with Crippen LogP contribution in [0.25, 0.3) is 0 Å². The minimum atomic E-state index is -0.152. The smallest absolute Gasteiger partial charge is 0.268 e. The molecule has 1 rings (SSSR count). The van der Waals surface area contributed by atoms with Crippen molar-refractivity contribution in [1.82, 2.24) is 9.78 Å². The van der Waals surface area contributed by atoms with E-state index >= 15 is 0 Å². The standard InChI is InChI=1S/C8H13N3O2/c1-9-7-5-8(13)11(10-6-7)3-2-4-12/h5-6,9,12H,2-4H2,1H3. The molecule has 72 valence electrons. The van der Waals surface area contributed by atoms with E-state index < -0.39 is 0 Å². The topological polar surface area (TPSA) is 67.2 Å². The zero-order valence-electron chi connectivity index (χ0n) is 7.53. The van der Waals surface area contributed by atoms with Gasteiger partial charge in [0, 0.05) is 26.3 Å². The molecule has 0 spiro atoms. The van der Waals surface area contributed by atoms with Crippen molar-refractivity contribution < 1.29 is 5.11 Å². The number of nitrogens with zero attached hydrogens (tertiary/aromatic N) is 2. The molecule has 2 N–H and O–H groups in total. The van der Waals surface area contributed by atoms with Crippen LogP contribution in [-0.4, -0.2) is 28.5 Å². The summed E-state index contributed by atoms with van der Waals surface area (Å²) in [4.78, 5) is 11.3. The zero-order chi connectivity index (χ0) is 9.68. The second kappa shape index (κ2) is 4.61. The van der Waals surface area contributed by atoms with E-state index in [1.807, 2.05) is 0 Å². The quantitative estimate of drug-likeness (QED) is 0.670. The first-order chi connectivity index (χ1) is 6.27. The fraction of sp³-hybridized carbons (Fsp3) is 0.500. The number of rotatable bonds is 4. The predicted octanol–water partition coefficient (Wildman–Crippen LogP) is -0.333. The second-order valence-electron chi connectivity index (χ2n) is 2.63. The third kappa shape index (κ3) is 2.55. The highest BCUT2D eigenvalue weighted by molar-refractivity contribution is 5.37. The van der Waals surface area contributed by atoms with Gasteiger partial charge in [0.2, 0.25) is 0 Å². The largest absolute Gasteiger partial charge is 0.396 e. The van der Waals surface area contributed by atoms with Crippen LogP contribution in [0.3, 0.4) is 0 Å². The van der Waals surface area contributed by atoms with Gasteiger partial charge in [0.15, 0.2) is 0 Å². The molecule has 0 aromatic carbocycles. The van der Waals surface area contributed by atoms with Gasteiger partial charge in [-0.15, -0.1) is 0 Å². The molecule has 1 aromatic rings. The van der Waals surface area contributed by atoms with Crippen molar-refractivity contribution in [1.29, 1.82) is 0 Å². The van der Waals surface area contributed by atoms with Crippen LogP contribution in [0.15, 0.2) is 17.1 Å². The number of anilines is 1. The SMILES string of the molecule is CNc1cnn(CCCO)c(=O)c1. The molecule has 0 saturated heterocycles. The molecule has 0 bridgehead atoms. The van der Waals surface area contributed by atoms with Gasteiger partial charge >= 0.3 is 0 Å². The molecule has 0 amide bonds. The molecule has 0 fully saturated rings. The van der Waals surface area contributed by atoms with Crippen LogP contribution in [0.1, 0.15) is 6.42 Å². The van der Waals surface area contributed by atoms with Crippen molar-refractivity contribution in [2.24, 2.45) is 0 Å². The maximum atomic E-state index is 11.3. The molecule has 0 aliphatic heterocycles. The fourth-order valence-corrected chi connectivity index (χ4v) is 0.959. The van der Waals surface area contributed by atoms with Crippen LogP contribution < -0.4 is 10.9 Å². The maximum absolute atomic E-state index is 11.3. The van der Waals surface area contributed by atoms with Crippen molar-refractivity contribution in [3.63, 3.8) is 0 Å². The molecule has 0 atom stereocenters. The van der Waals surface area contributed by atoms with Crippen molar-refractivity contribution in [3.05, 3.63) is 22.6 Å². The lowest BCUT2D eigenvalue weighted by Gasteiger charge is -2.03. The number of hydrogen-bond donors (Lipinski definition) is 2. The molecule has 1 heterocycles. The molecule has 0 radical (unpaired) electrons. The molecule has 0 saturated carbocycles. The summed E-state index contributed by atoms with van der Waals surface area (Å²) < 4.78 is 1.33. The minimum Gasteiger partial charge on any atom is -0.396 e. The van der Waals surface area contributed by atoms with Crippen molar-refractivity contribution >= 4 is 5.69 Å². The van der Waals surface area contributed by atoms with E-state index in [1.165, 1.54) is 10.7 Å². The van der Waals surface area contributed by atoms with Crippen molar-refractivity contribution in [2.75, 3.05) is 19.0 Å². The number of aryl methyl sites for hydroxylation is 1. The van der Waals surface area contributed by atoms with Gasteiger partial charge in [0.05, 0.1) is 11.9 Å². The maximum Gasteiger partial charge on any atom is 0.268 e. The molecule has 5 heteroatoms. The molecule has 0 unspecified atom stereocenters. The Morgan fingerprint density at radius 2 is 2.46 bits per heavy atom. The summed E-state index contributed by atoms with van der Waals surface area (Å²) in [6.45, 7) is 0.529. The van der Waals surface area contributed by atoms with Gasteiger partial charge in [0.1, 0.15) is 0 Å². The summed E-state index contributed by atoms with van der Waals surface area (Å²) in [5.74, 6) is 0. The highest BCUT2D eigenvalue weighted by Crippen LogP contribution is 1.96. The van der Waals surface area contributed by atoms with Gasteiger partial charge in [-0.05, 0) is 6.42 Å². The van der Waals surface area contributed by atoms with Crippen LogP contribution in [-0.2, 0) is 6.54 Å². The average molecular weight is 183 g/mol. The lowest BCUT2D eigenvalue weighted by atomic mass is 10.4. The summed E-state index contributed by atoms with van der Waals surface area (Å²) in [5.41, 5.74) is 0.547. The lowest BCUT2D eigenvalue weighted by Crippen LogP contribution is -2.22. The van der Waals surface area contributed by atoms with Crippen molar-refractivity contribution in [2.45, 2.75) is 13.0 Å². The third-order valence-corrected chi connectivity index (χ3v) is 1.69. The molecular formula is C8H13N3O2. The van der Waals surface area contributed by atoms with E-state index in [0.717, 1.165) is 0 Å². The normalized spacial score (nSPS) is 10.0. The molecule has 0 aliphatic carbocycles. The molecular weight excluding hydrogens is 170 g/mol. The van der Waals surface area contributed by atoms with Crippen LogP contribution >= 0.6 is 0 Å². The third-order valence-electron chi connectivity index (χ3n) is 1.69. The van der Waals surface area contributed by atoms with Gasteiger partial charge in [-0.1, -0.05) is 0 Å². The summed E-state index contributed by atoms with van der Waals surface area (Å²) in [7, 11) is 1.73. The van der Waals surface area contributed by atoms with E-state index in [9.17, 15) is 4.79 Å². The zero-order valence-corrected chi connectivity index (χ0v) is 7.53. The average Bonchev–Trinajstić information content (AvgIpc) is 2.16. The van der Waals surface area contributed by atoms with Crippen LogP contribution in [0, 0.1) is 0 Å². The molecule has 1 aromatic heterocycles. The molecule has 5 nitrogen and oxygen atoms in total. The Labute approximate surface area is 76.0 Å². The number of aromatic nitrogens is 2. The summed E-state index contributed by atoms with van der Waals surface area (Å²) >= 11 is 0. The number of hydrogen-bond acceptors (Lipinski definition) is 4. The van der Waals surface area contributed by atoms with Crippen LogP contribution in [0.5, 0.6) is 0 Å². The van der Waals surface area contributed by atoms with E-state index in [2.05, 4.69) is 10.4 Å². The van der Waals surface area contributed by atoms with Gasteiger partial charge in [0.25, 0.3) is 5.56 Å². The first kappa shape index (κ1) is 9.73. The highest BCUT2D eigenvalue weighted by atomic mass is 16.3. The second-order valence-corrected chi connectivity index (χ2v) is 2.63. The van der Waals surface area contributed by atoms with Gasteiger partial charge < -0.3 is 10.4 Å². The van der Waals surface area contributed by atoms with Gasteiger partial charge in [-0.25, -0.2) is 4.68 Å². The minimum absolute atomic E-state index is 0.0713. The van der Waals surface area contributed by atoms with Gasteiger partial charge in [-0.3, -0.25) is 4.79 Å². The summed E-state index contributed by atoms with van der Waals surface area (Å²) in [5, 5.41) is 15.3.